The molecule has 90 valence electrons. The van der Waals surface area contributed by atoms with Crippen LogP contribution in [0.4, 0.5) is 0 Å². The van der Waals surface area contributed by atoms with Gasteiger partial charge in [0.15, 0.2) is 0 Å². The third-order valence-electron chi connectivity index (χ3n) is 3.03. The number of rotatable bonds is 1. The van der Waals surface area contributed by atoms with Gasteiger partial charge in [0.25, 0.3) is 0 Å². The highest BCUT2D eigenvalue weighted by molar-refractivity contribution is 9.10. The van der Waals surface area contributed by atoms with E-state index in [1.54, 1.807) is 0 Å². The first kappa shape index (κ1) is 11.5. The summed E-state index contributed by atoms with van der Waals surface area (Å²) in [4.78, 5) is 8.07. The molecule has 0 aliphatic heterocycles. The molecule has 0 fully saturated rings. The van der Waals surface area contributed by atoms with E-state index >= 15 is 0 Å². The smallest absolute Gasteiger partial charge is 0.138 e. The Hall–Kier alpha value is -1.61. The zero-order chi connectivity index (χ0) is 12.7. The zero-order valence-electron chi connectivity index (χ0n) is 10.3. The normalized spacial score (nSPS) is 11.1. The van der Waals surface area contributed by atoms with E-state index in [9.17, 15) is 0 Å². The second kappa shape index (κ2) is 4.25. The Morgan fingerprint density at radius 2 is 1.94 bits per heavy atom. The van der Waals surface area contributed by atoms with Gasteiger partial charge in [0.2, 0.25) is 0 Å². The Labute approximate surface area is 114 Å². The van der Waals surface area contributed by atoms with Crippen LogP contribution in [0.2, 0.25) is 0 Å². The van der Waals surface area contributed by atoms with E-state index in [1.165, 1.54) is 11.1 Å². The average molecular weight is 301 g/mol. The van der Waals surface area contributed by atoms with Crippen LogP contribution in [0.25, 0.3) is 22.4 Å². The molecule has 0 unspecified atom stereocenters. The number of aryl methyl sites for hydroxylation is 2. The Bertz CT molecular complexity index is 728. The minimum absolute atomic E-state index is 0.926. The fourth-order valence-electron chi connectivity index (χ4n) is 2.18. The van der Waals surface area contributed by atoms with Crippen molar-refractivity contribution < 1.29 is 0 Å². The summed E-state index contributed by atoms with van der Waals surface area (Å²) in [5.41, 5.74) is 5.65. The van der Waals surface area contributed by atoms with Crippen molar-refractivity contribution in [3.05, 3.63) is 52.0 Å². The van der Waals surface area contributed by atoms with Crippen molar-refractivity contribution in [3.8, 4) is 11.4 Å². The molecule has 3 rings (SSSR count). The molecule has 0 aliphatic rings. The number of H-pyrrole nitrogens is 1. The van der Waals surface area contributed by atoms with Crippen molar-refractivity contribution >= 4 is 27.0 Å². The molecule has 0 saturated carbocycles. The summed E-state index contributed by atoms with van der Waals surface area (Å²) >= 11 is 3.51. The van der Waals surface area contributed by atoms with Crippen LogP contribution in [0.15, 0.2) is 40.9 Å². The number of hydrogen-bond acceptors (Lipinski definition) is 1. The molecule has 18 heavy (non-hydrogen) atoms. The molecule has 2 nitrogen and oxygen atoms in total. The molecular formula is C15H13BrN2. The third-order valence-corrected chi connectivity index (χ3v) is 3.49. The van der Waals surface area contributed by atoms with Gasteiger partial charge in [0, 0.05) is 10.0 Å². The number of nitrogens with zero attached hydrogens (tertiary/aromatic N) is 1. The number of aromatic amines is 1. The van der Waals surface area contributed by atoms with Gasteiger partial charge in [0.05, 0.1) is 11.0 Å². The van der Waals surface area contributed by atoms with E-state index in [-0.39, 0.29) is 0 Å². The molecule has 0 spiro atoms. The molecule has 0 amide bonds. The maximum Gasteiger partial charge on any atom is 0.138 e. The molecule has 1 aromatic heterocycles. The van der Waals surface area contributed by atoms with Gasteiger partial charge >= 0.3 is 0 Å². The lowest BCUT2D eigenvalue weighted by Crippen LogP contribution is -1.81. The lowest BCUT2D eigenvalue weighted by molar-refractivity contribution is 1.32. The quantitative estimate of drug-likeness (QED) is 0.698. The minimum atomic E-state index is 0.926. The molecule has 2 aromatic carbocycles. The predicted octanol–water partition coefficient (Wildman–Crippen LogP) is 4.61. The van der Waals surface area contributed by atoms with E-state index in [0.717, 1.165) is 26.9 Å². The second-order valence-electron chi connectivity index (χ2n) is 4.57. The fourth-order valence-corrected chi connectivity index (χ4v) is 2.75. The summed E-state index contributed by atoms with van der Waals surface area (Å²) in [6, 6.07) is 12.5. The summed E-state index contributed by atoms with van der Waals surface area (Å²) in [5, 5.41) is 0. The highest BCUT2D eigenvalue weighted by atomic mass is 79.9. The Morgan fingerprint density at radius 3 is 2.72 bits per heavy atom. The molecule has 1 heterocycles. The van der Waals surface area contributed by atoms with Crippen LogP contribution in [0, 0.1) is 13.8 Å². The maximum absolute atomic E-state index is 4.69. The molecule has 3 aromatic rings. The van der Waals surface area contributed by atoms with Gasteiger partial charge in [-0.15, -0.1) is 0 Å². The number of benzene rings is 2. The summed E-state index contributed by atoms with van der Waals surface area (Å²) in [5.74, 6) is 0.926. The minimum Gasteiger partial charge on any atom is -0.338 e. The molecule has 0 bridgehead atoms. The molecule has 0 atom stereocenters. The summed E-state index contributed by atoms with van der Waals surface area (Å²) in [7, 11) is 0. The number of fused-ring (bicyclic) bond motifs is 1. The first-order chi connectivity index (χ1) is 8.63. The Kier molecular flexibility index (Phi) is 2.71. The number of imidazole rings is 1. The van der Waals surface area contributed by atoms with Gasteiger partial charge in [-0.1, -0.05) is 39.7 Å². The SMILES string of the molecule is Cc1cccc(-c2nc3c(C)cc(Br)cc3[nH]2)c1. The topological polar surface area (TPSA) is 28.7 Å². The largest absolute Gasteiger partial charge is 0.338 e. The first-order valence-corrected chi connectivity index (χ1v) is 6.66. The van der Waals surface area contributed by atoms with Gasteiger partial charge in [-0.3, -0.25) is 0 Å². The molecule has 1 N–H and O–H groups in total. The van der Waals surface area contributed by atoms with Gasteiger partial charge in [0.1, 0.15) is 5.82 Å². The maximum atomic E-state index is 4.69. The number of halogens is 1. The van der Waals surface area contributed by atoms with Crippen molar-refractivity contribution in [2.75, 3.05) is 0 Å². The lowest BCUT2D eigenvalue weighted by Gasteiger charge is -1.97. The molecule has 3 heteroatoms. The number of nitrogens with one attached hydrogen (secondary N) is 1. The van der Waals surface area contributed by atoms with Crippen LogP contribution in [-0.4, -0.2) is 9.97 Å². The highest BCUT2D eigenvalue weighted by Crippen LogP contribution is 2.26. The van der Waals surface area contributed by atoms with Crippen LogP contribution in [0.3, 0.4) is 0 Å². The van der Waals surface area contributed by atoms with E-state index in [2.05, 4.69) is 76.1 Å². The van der Waals surface area contributed by atoms with Crippen LogP contribution in [0.5, 0.6) is 0 Å². The van der Waals surface area contributed by atoms with Crippen molar-refractivity contribution in [2.45, 2.75) is 13.8 Å². The van der Waals surface area contributed by atoms with Gasteiger partial charge in [-0.25, -0.2) is 4.98 Å². The second-order valence-corrected chi connectivity index (χ2v) is 5.49. The number of aromatic nitrogens is 2. The molecular weight excluding hydrogens is 288 g/mol. The van der Waals surface area contributed by atoms with E-state index in [0.29, 0.717) is 0 Å². The van der Waals surface area contributed by atoms with Crippen molar-refractivity contribution in [3.63, 3.8) is 0 Å². The third kappa shape index (κ3) is 1.95. The predicted molar refractivity (Wildman–Crippen MR) is 78.7 cm³/mol. The van der Waals surface area contributed by atoms with E-state index in [1.807, 2.05) is 0 Å². The fraction of sp³-hybridized carbons (Fsp3) is 0.133. The lowest BCUT2D eigenvalue weighted by atomic mass is 10.1. The van der Waals surface area contributed by atoms with Crippen molar-refractivity contribution in [1.29, 1.82) is 0 Å². The molecule has 0 radical (unpaired) electrons. The summed E-state index contributed by atoms with van der Waals surface area (Å²) < 4.78 is 1.08. The van der Waals surface area contributed by atoms with Crippen LogP contribution < -0.4 is 0 Å². The summed E-state index contributed by atoms with van der Waals surface area (Å²) in [6.07, 6.45) is 0. The van der Waals surface area contributed by atoms with Gasteiger partial charge in [-0.05, 0) is 37.6 Å². The highest BCUT2D eigenvalue weighted by Gasteiger charge is 2.08. The van der Waals surface area contributed by atoms with Crippen molar-refractivity contribution in [2.24, 2.45) is 0 Å². The van der Waals surface area contributed by atoms with Gasteiger partial charge < -0.3 is 4.98 Å². The van der Waals surface area contributed by atoms with E-state index < -0.39 is 0 Å². The number of hydrogen-bond donors (Lipinski definition) is 1. The molecule has 0 saturated heterocycles. The average Bonchev–Trinajstić information content (AvgIpc) is 2.73. The van der Waals surface area contributed by atoms with Crippen LogP contribution >= 0.6 is 15.9 Å². The Morgan fingerprint density at radius 1 is 1.11 bits per heavy atom. The van der Waals surface area contributed by atoms with Crippen LogP contribution in [-0.2, 0) is 0 Å². The zero-order valence-corrected chi connectivity index (χ0v) is 11.9. The van der Waals surface area contributed by atoms with Gasteiger partial charge in [-0.2, -0.15) is 0 Å². The van der Waals surface area contributed by atoms with E-state index in [4.69, 9.17) is 0 Å². The Balaban J connectivity index is 2.22. The summed E-state index contributed by atoms with van der Waals surface area (Å²) in [6.45, 7) is 4.17. The van der Waals surface area contributed by atoms with Crippen LogP contribution in [0.1, 0.15) is 11.1 Å². The first-order valence-electron chi connectivity index (χ1n) is 5.86. The standard InChI is InChI=1S/C15H13BrN2/c1-9-4-3-5-11(6-9)15-17-13-8-12(16)7-10(2)14(13)18-15/h3-8H,1-2H3,(H,17,18). The molecule has 0 aliphatic carbocycles. The van der Waals surface area contributed by atoms with Crippen molar-refractivity contribution in [1.82, 2.24) is 9.97 Å². The monoisotopic (exact) mass is 300 g/mol.